The Labute approximate surface area is 128 Å². The fraction of sp³-hybridized carbons (Fsp3) is 0.538. The second kappa shape index (κ2) is 7.51. The number of aromatic nitrogens is 4. The Hall–Kier alpha value is -1.47. The largest absolute Gasteiger partial charge is 0.333 e. The fourth-order valence-electron chi connectivity index (χ4n) is 2.14. The normalized spacial score (nSPS) is 11.2. The monoisotopic (exact) mass is 319 g/mol. The van der Waals surface area contributed by atoms with Crippen LogP contribution < -0.4 is 5.32 Å². The highest BCUT2D eigenvalue weighted by atomic mass is 35.5. The number of hydrogen-bond donors (Lipinski definition) is 1. The minimum absolute atomic E-state index is 0. The van der Waals surface area contributed by atoms with Crippen LogP contribution in [0.25, 0.3) is 0 Å². The Bertz CT molecular complexity index is 565. The lowest BCUT2D eigenvalue weighted by molar-refractivity contribution is 0.0531. The molecule has 0 amide bonds. The van der Waals surface area contributed by atoms with Crippen molar-refractivity contribution < 1.29 is 8.78 Å². The van der Waals surface area contributed by atoms with E-state index in [4.69, 9.17) is 0 Å². The van der Waals surface area contributed by atoms with E-state index in [0.717, 1.165) is 15.9 Å². The van der Waals surface area contributed by atoms with Gasteiger partial charge in [0.05, 0.1) is 11.9 Å². The van der Waals surface area contributed by atoms with Gasteiger partial charge >= 0.3 is 6.55 Å². The maximum absolute atomic E-state index is 12.6. The minimum atomic E-state index is -2.60. The number of rotatable bonds is 6. The summed E-state index contributed by atoms with van der Waals surface area (Å²) in [5, 5.41) is 11.1. The third-order valence-corrected chi connectivity index (χ3v) is 3.19. The Kier molecular flexibility index (Phi) is 6.29. The smallest absolute Gasteiger partial charge is 0.307 e. The second-order valence-corrected chi connectivity index (χ2v) is 4.94. The Morgan fingerprint density at radius 3 is 2.48 bits per heavy atom. The summed E-state index contributed by atoms with van der Waals surface area (Å²) in [6.45, 7) is 4.47. The van der Waals surface area contributed by atoms with Gasteiger partial charge in [0, 0.05) is 36.6 Å². The van der Waals surface area contributed by atoms with Crippen molar-refractivity contribution in [1.82, 2.24) is 24.9 Å². The predicted octanol–water partition coefficient (Wildman–Crippen LogP) is 3.08. The van der Waals surface area contributed by atoms with Crippen molar-refractivity contribution in [2.75, 3.05) is 0 Å². The van der Waals surface area contributed by atoms with Crippen LogP contribution in [-0.2, 0) is 13.1 Å². The van der Waals surface area contributed by atoms with Crippen LogP contribution in [0.5, 0.6) is 0 Å². The van der Waals surface area contributed by atoms with E-state index >= 15 is 0 Å². The first-order valence-corrected chi connectivity index (χ1v) is 6.55. The molecule has 2 aromatic heterocycles. The topological polar surface area (TPSA) is 47.7 Å². The molecule has 0 saturated carbocycles. The van der Waals surface area contributed by atoms with Gasteiger partial charge < -0.3 is 5.32 Å². The molecular formula is C13H20ClF2N5. The SMILES string of the molecule is Cc1c(CNCc2ccnn2C(F)F)cnn1C(C)C.Cl. The van der Waals surface area contributed by atoms with E-state index in [1.54, 1.807) is 6.07 Å². The van der Waals surface area contributed by atoms with Crippen LogP contribution in [0.4, 0.5) is 8.78 Å². The zero-order valence-corrected chi connectivity index (χ0v) is 13.1. The van der Waals surface area contributed by atoms with Crippen LogP contribution in [0.1, 0.15) is 43.4 Å². The molecule has 0 aliphatic carbocycles. The minimum Gasteiger partial charge on any atom is -0.307 e. The van der Waals surface area contributed by atoms with E-state index in [-0.39, 0.29) is 12.4 Å². The van der Waals surface area contributed by atoms with Crippen LogP contribution in [0.15, 0.2) is 18.5 Å². The quantitative estimate of drug-likeness (QED) is 0.890. The third-order valence-electron chi connectivity index (χ3n) is 3.19. The summed E-state index contributed by atoms with van der Waals surface area (Å²) in [5.74, 6) is 0. The van der Waals surface area contributed by atoms with Gasteiger partial charge in [-0.1, -0.05) is 0 Å². The lowest BCUT2D eigenvalue weighted by Crippen LogP contribution is -2.17. The van der Waals surface area contributed by atoms with E-state index < -0.39 is 6.55 Å². The molecule has 2 heterocycles. The molecule has 0 unspecified atom stereocenters. The summed E-state index contributed by atoms with van der Waals surface area (Å²) < 4.78 is 27.9. The van der Waals surface area contributed by atoms with E-state index in [1.165, 1.54) is 6.20 Å². The molecule has 0 aromatic carbocycles. The molecule has 0 radical (unpaired) electrons. The van der Waals surface area contributed by atoms with Crippen molar-refractivity contribution in [3.05, 3.63) is 35.4 Å². The maximum atomic E-state index is 12.6. The highest BCUT2D eigenvalue weighted by Gasteiger charge is 2.12. The summed E-state index contributed by atoms with van der Waals surface area (Å²) in [6, 6.07) is 1.90. The van der Waals surface area contributed by atoms with Gasteiger partial charge in [0.1, 0.15) is 0 Å². The van der Waals surface area contributed by atoms with Crippen molar-refractivity contribution >= 4 is 12.4 Å². The fourth-order valence-corrected chi connectivity index (χ4v) is 2.14. The standard InChI is InChI=1S/C13H19F2N5.ClH/c1-9(2)19-10(3)11(7-18-19)6-16-8-12-4-5-17-20(12)13(14)15;/h4-5,7,9,13,16H,6,8H2,1-3H3;1H. The number of nitrogens with one attached hydrogen (secondary N) is 1. The van der Waals surface area contributed by atoms with E-state index in [1.807, 2.05) is 17.8 Å². The van der Waals surface area contributed by atoms with Gasteiger partial charge in [0.25, 0.3) is 0 Å². The summed E-state index contributed by atoms with van der Waals surface area (Å²) in [5.41, 5.74) is 2.63. The van der Waals surface area contributed by atoms with Crippen LogP contribution in [-0.4, -0.2) is 19.6 Å². The highest BCUT2D eigenvalue weighted by Crippen LogP contribution is 2.14. The molecule has 8 heteroatoms. The lowest BCUT2D eigenvalue weighted by Gasteiger charge is -2.10. The van der Waals surface area contributed by atoms with Gasteiger partial charge in [-0.05, 0) is 26.8 Å². The Morgan fingerprint density at radius 2 is 1.90 bits per heavy atom. The first-order valence-electron chi connectivity index (χ1n) is 6.55. The number of nitrogens with zero attached hydrogens (tertiary/aromatic N) is 4. The molecule has 0 aliphatic heterocycles. The van der Waals surface area contributed by atoms with Crippen molar-refractivity contribution in [2.45, 2.75) is 46.5 Å². The van der Waals surface area contributed by atoms with Gasteiger partial charge in [-0.25, -0.2) is 4.68 Å². The highest BCUT2D eigenvalue weighted by molar-refractivity contribution is 5.85. The van der Waals surface area contributed by atoms with Crippen LogP contribution >= 0.6 is 12.4 Å². The second-order valence-electron chi connectivity index (χ2n) is 4.94. The maximum Gasteiger partial charge on any atom is 0.333 e. The van der Waals surface area contributed by atoms with Crippen LogP contribution in [0.2, 0.25) is 0 Å². The van der Waals surface area contributed by atoms with Gasteiger partial charge in [-0.3, -0.25) is 4.68 Å². The molecule has 0 saturated heterocycles. The summed E-state index contributed by atoms with van der Waals surface area (Å²) in [6.07, 6.45) is 3.19. The molecule has 118 valence electrons. The van der Waals surface area contributed by atoms with Crippen LogP contribution in [0, 0.1) is 6.92 Å². The molecule has 2 aromatic rings. The predicted molar refractivity (Wildman–Crippen MR) is 78.6 cm³/mol. The molecule has 0 spiro atoms. The van der Waals surface area contributed by atoms with Gasteiger partial charge in [-0.2, -0.15) is 19.0 Å². The Morgan fingerprint density at radius 1 is 1.19 bits per heavy atom. The molecular weight excluding hydrogens is 300 g/mol. The summed E-state index contributed by atoms with van der Waals surface area (Å²) in [4.78, 5) is 0. The molecule has 1 N–H and O–H groups in total. The van der Waals surface area contributed by atoms with Gasteiger partial charge in [-0.15, -0.1) is 12.4 Å². The van der Waals surface area contributed by atoms with Crippen LogP contribution in [0.3, 0.4) is 0 Å². The third kappa shape index (κ3) is 4.01. The van der Waals surface area contributed by atoms with Gasteiger partial charge in [0.15, 0.2) is 0 Å². The molecule has 21 heavy (non-hydrogen) atoms. The van der Waals surface area contributed by atoms with E-state index in [0.29, 0.717) is 24.8 Å². The van der Waals surface area contributed by atoms with Crippen molar-refractivity contribution in [3.63, 3.8) is 0 Å². The van der Waals surface area contributed by atoms with Crippen molar-refractivity contribution in [3.8, 4) is 0 Å². The first-order chi connectivity index (χ1) is 9.50. The molecule has 0 aliphatic rings. The van der Waals surface area contributed by atoms with Crippen molar-refractivity contribution in [1.29, 1.82) is 0 Å². The number of halogens is 3. The molecule has 2 rings (SSSR count). The number of alkyl halides is 2. The summed E-state index contributed by atoms with van der Waals surface area (Å²) >= 11 is 0. The first kappa shape index (κ1) is 17.6. The number of hydrogen-bond acceptors (Lipinski definition) is 3. The zero-order chi connectivity index (χ0) is 14.7. The lowest BCUT2D eigenvalue weighted by atomic mass is 10.2. The molecule has 5 nitrogen and oxygen atoms in total. The summed E-state index contributed by atoms with van der Waals surface area (Å²) in [7, 11) is 0. The molecule has 0 atom stereocenters. The van der Waals surface area contributed by atoms with Crippen molar-refractivity contribution in [2.24, 2.45) is 0 Å². The Balaban J connectivity index is 0.00000220. The average molecular weight is 320 g/mol. The van der Waals surface area contributed by atoms with Gasteiger partial charge in [0.2, 0.25) is 0 Å². The molecule has 0 bridgehead atoms. The molecule has 0 fully saturated rings. The van der Waals surface area contributed by atoms with E-state index in [2.05, 4.69) is 29.4 Å². The average Bonchev–Trinajstić information content (AvgIpc) is 2.97. The zero-order valence-electron chi connectivity index (χ0n) is 12.3. The van der Waals surface area contributed by atoms with E-state index in [9.17, 15) is 8.78 Å².